The lowest BCUT2D eigenvalue weighted by Gasteiger charge is -2.35. The molecular weight excluding hydrogens is 228 g/mol. The van der Waals surface area contributed by atoms with E-state index >= 15 is 0 Å². The van der Waals surface area contributed by atoms with Crippen LogP contribution in [0.15, 0.2) is 12.1 Å². The first-order valence-corrected chi connectivity index (χ1v) is 6.25. The van der Waals surface area contributed by atoms with E-state index in [1.165, 1.54) is 5.56 Å². The number of nitrogens with one attached hydrogen (secondary N) is 1. The van der Waals surface area contributed by atoms with Gasteiger partial charge in [-0.25, -0.2) is 0 Å². The van der Waals surface area contributed by atoms with Crippen molar-refractivity contribution in [3.63, 3.8) is 0 Å². The molecule has 0 aromatic heterocycles. The first kappa shape index (κ1) is 13.0. The van der Waals surface area contributed by atoms with Gasteiger partial charge in [-0.1, -0.05) is 0 Å². The summed E-state index contributed by atoms with van der Waals surface area (Å²) in [6.07, 6.45) is 1.09. The number of methoxy groups -OCH3 is 2. The number of hydrogen-bond donors (Lipinski definition) is 1. The lowest BCUT2D eigenvalue weighted by molar-refractivity contribution is 0.268. The Morgan fingerprint density at radius 3 is 2.33 bits per heavy atom. The second-order valence-corrected chi connectivity index (χ2v) is 5.05. The summed E-state index contributed by atoms with van der Waals surface area (Å²) in [5.41, 5.74) is 2.42. The highest BCUT2D eigenvalue weighted by Crippen LogP contribution is 2.41. The van der Waals surface area contributed by atoms with E-state index in [1.807, 2.05) is 6.07 Å². The molecule has 0 spiro atoms. The van der Waals surface area contributed by atoms with E-state index < -0.39 is 0 Å². The smallest absolute Gasteiger partial charge is 0.162 e. The van der Waals surface area contributed by atoms with Gasteiger partial charge in [0.25, 0.3) is 0 Å². The van der Waals surface area contributed by atoms with Gasteiger partial charge < -0.3 is 19.7 Å². The molecule has 1 aliphatic heterocycles. The first-order valence-electron chi connectivity index (χ1n) is 6.25. The number of anilines is 1. The molecule has 0 saturated heterocycles. The Hall–Kier alpha value is -1.42. The van der Waals surface area contributed by atoms with E-state index in [2.05, 4.69) is 37.3 Å². The molecule has 0 saturated carbocycles. The minimum atomic E-state index is 0.413. The van der Waals surface area contributed by atoms with Crippen molar-refractivity contribution in [2.45, 2.75) is 25.4 Å². The van der Waals surface area contributed by atoms with Gasteiger partial charge in [0.1, 0.15) is 0 Å². The van der Waals surface area contributed by atoms with Crippen molar-refractivity contribution in [2.24, 2.45) is 0 Å². The molecule has 0 bridgehead atoms. The molecule has 2 rings (SSSR count). The number of benzene rings is 1. The van der Waals surface area contributed by atoms with Gasteiger partial charge in [0.2, 0.25) is 0 Å². The summed E-state index contributed by atoms with van der Waals surface area (Å²) >= 11 is 0. The lowest BCUT2D eigenvalue weighted by atomic mass is 9.92. The van der Waals surface area contributed by atoms with Crippen LogP contribution in [0.5, 0.6) is 11.5 Å². The third-order valence-corrected chi connectivity index (χ3v) is 3.52. The molecule has 1 aromatic carbocycles. The first-order chi connectivity index (χ1) is 8.56. The zero-order valence-electron chi connectivity index (χ0n) is 11.8. The SMILES string of the molecule is COc1cc2c(cc1OC)C(N(C)C)CC(C)N2. The van der Waals surface area contributed by atoms with Crippen molar-refractivity contribution in [2.75, 3.05) is 33.6 Å². The van der Waals surface area contributed by atoms with Gasteiger partial charge in [0.15, 0.2) is 11.5 Å². The van der Waals surface area contributed by atoms with E-state index in [4.69, 9.17) is 9.47 Å². The van der Waals surface area contributed by atoms with Crippen molar-refractivity contribution >= 4 is 5.69 Å². The van der Waals surface area contributed by atoms with Crippen molar-refractivity contribution in [1.29, 1.82) is 0 Å². The van der Waals surface area contributed by atoms with Crippen LogP contribution in [0.25, 0.3) is 0 Å². The zero-order chi connectivity index (χ0) is 13.3. The monoisotopic (exact) mass is 250 g/mol. The number of ether oxygens (including phenoxy) is 2. The summed E-state index contributed by atoms with van der Waals surface area (Å²) in [6.45, 7) is 2.20. The molecule has 100 valence electrons. The molecule has 0 amide bonds. The fourth-order valence-electron chi connectivity index (χ4n) is 2.57. The van der Waals surface area contributed by atoms with Gasteiger partial charge in [-0.05, 0) is 39.1 Å². The summed E-state index contributed by atoms with van der Waals surface area (Å²) < 4.78 is 10.7. The number of nitrogens with zero attached hydrogens (tertiary/aromatic N) is 1. The van der Waals surface area contributed by atoms with Crippen LogP contribution in [0.4, 0.5) is 5.69 Å². The van der Waals surface area contributed by atoms with Gasteiger partial charge in [-0.2, -0.15) is 0 Å². The molecule has 4 heteroatoms. The Bertz CT molecular complexity index is 432. The largest absolute Gasteiger partial charge is 0.493 e. The summed E-state index contributed by atoms with van der Waals surface area (Å²) in [6, 6.07) is 4.98. The maximum atomic E-state index is 5.39. The molecular formula is C14H22N2O2. The molecule has 0 radical (unpaired) electrons. The molecule has 1 heterocycles. The van der Waals surface area contributed by atoms with Crippen LogP contribution >= 0.6 is 0 Å². The summed E-state index contributed by atoms with van der Waals surface area (Å²) in [4.78, 5) is 2.25. The number of hydrogen-bond acceptors (Lipinski definition) is 4. The van der Waals surface area contributed by atoms with E-state index in [0.717, 1.165) is 23.6 Å². The maximum Gasteiger partial charge on any atom is 0.162 e. The lowest BCUT2D eigenvalue weighted by Crippen LogP contribution is -2.32. The van der Waals surface area contributed by atoms with Gasteiger partial charge in [-0.3, -0.25) is 0 Å². The Labute approximate surface area is 109 Å². The summed E-state index contributed by atoms with van der Waals surface area (Å²) in [5, 5.41) is 3.51. The fraction of sp³-hybridized carbons (Fsp3) is 0.571. The zero-order valence-corrected chi connectivity index (χ0v) is 11.8. The molecule has 2 atom stereocenters. The van der Waals surface area contributed by atoms with E-state index in [-0.39, 0.29) is 0 Å². The fourth-order valence-corrected chi connectivity index (χ4v) is 2.57. The topological polar surface area (TPSA) is 33.7 Å². The average molecular weight is 250 g/mol. The van der Waals surface area contributed by atoms with Gasteiger partial charge in [-0.15, -0.1) is 0 Å². The highest BCUT2D eigenvalue weighted by molar-refractivity contribution is 5.63. The van der Waals surface area contributed by atoms with Crippen LogP contribution in [-0.4, -0.2) is 39.3 Å². The van der Waals surface area contributed by atoms with Crippen LogP contribution in [0, 0.1) is 0 Å². The second kappa shape index (κ2) is 5.06. The van der Waals surface area contributed by atoms with E-state index in [0.29, 0.717) is 12.1 Å². The standard InChI is InChI=1S/C14H22N2O2/c1-9-6-12(16(2)3)10-7-13(17-4)14(18-5)8-11(10)15-9/h7-9,12,15H,6H2,1-5H3. The highest BCUT2D eigenvalue weighted by Gasteiger charge is 2.27. The molecule has 18 heavy (non-hydrogen) atoms. The van der Waals surface area contributed by atoms with Crippen LogP contribution in [0.1, 0.15) is 24.9 Å². The average Bonchev–Trinajstić information content (AvgIpc) is 2.35. The second-order valence-electron chi connectivity index (χ2n) is 5.05. The molecule has 0 fully saturated rings. The summed E-state index contributed by atoms with van der Waals surface area (Å²) in [5.74, 6) is 1.56. The number of fused-ring (bicyclic) bond motifs is 1. The highest BCUT2D eigenvalue weighted by atomic mass is 16.5. The van der Waals surface area contributed by atoms with E-state index in [1.54, 1.807) is 14.2 Å². The van der Waals surface area contributed by atoms with Crippen molar-refractivity contribution in [3.8, 4) is 11.5 Å². The third-order valence-electron chi connectivity index (χ3n) is 3.52. The predicted octanol–water partition coefficient (Wildman–Crippen LogP) is 2.51. The third kappa shape index (κ3) is 2.25. The molecule has 4 nitrogen and oxygen atoms in total. The minimum Gasteiger partial charge on any atom is -0.493 e. The Balaban J connectivity index is 2.49. The molecule has 1 aromatic rings. The van der Waals surface area contributed by atoms with Crippen LogP contribution in [0.2, 0.25) is 0 Å². The summed E-state index contributed by atoms with van der Waals surface area (Å²) in [7, 11) is 7.57. The van der Waals surface area contributed by atoms with Gasteiger partial charge >= 0.3 is 0 Å². The quantitative estimate of drug-likeness (QED) is 0.893. The van der Waals surface area contributed by atoms with Crippen LogP contribution < -0.4 is 14.8 Å². The Kier molecular flexibility index (Phi) is 3.66. The van der Waals surface area contributed by atoms with Crippen molar-refractivity contribution in [3.05, 3.63) is 17.7 Å². The van der Waals surface area contributed by atoms with Crippen LogP contribution in [0.3, 0.4) is 0 Å². The molecule has 2 unspecified atom stereocenters. The van der Waals surface area contributed by atoms with E-state index in [9.17, 15) is 0 Å². The Morgan fingerprint density at radius 1 is 1.17 bits per heavy atom. The molecule has 0 aliphatic carbocycles. The van der Waals surface area contributed by atoms with Crippen molar-refractivity contribution in [1.82, 2.24) is 4.90 Å². The van der Waals surface area contributed by atoms with Crippen LogP contribution in [-0.2, 0) is 0 Å². The molecule has 1 aliphatic rings. The minimum absolute atomic E-state index is 0.413. The predicted molar refractivity (Wildman–Crippen MR) is 73.7 cm³/mol. The van der Waals surface area contributed by atoms with Gasteiger partial charge in [0, 0.05) is 23.8 Å². The van der Waals surface area contributed by atoms with Crippen molar-refractivity contribution < 1.29 is 9.47 Å². The number of rotatable bonds is 3. The molecule has 1 N–H and O–H groups in total. The maximum absolute atomic E-state index is 5.39. The van der Waals surface area contributed by atoms with Gasteiger partial charge in [0.05, 0.1) is 14.2 Å². The normalized spacial score (nSPS) is 22.3. The Morgan fingerprint density at radius 2 is 1.78 bits per heavy atom.